The van der Waals surface area contributed by atoms with Crippen LogP contribution in [0.1, 0.15) is 51.5 Å². The van der Waals surface area contributed by atoms with Crippen LogP contribution in [0.4, 0.5) is 4.39 Å². The third kappa shape index (κ3) is 3.65. The minimum absolute atomic E-state index is 0.175. The molecular weight excluding hydrogens is 343 g/mol. The van der Waals surface area contributed by atoms with Crippen LogP contribution in [0, 0.1) is 5.82 Å². The standard InChI is InChI=1S/C22H23FN2O2/c23-18-8-6-16(7-9-18)17-10-14-24(15-11-17)12-3-13-25-21(26)19-4-1-2-5-20(19)22(25)27/h1-2,4-9,17H,3,10-15H2. The molecule has 0 aromatic heterocycles. The molecule has 0 radical (unpaired) electrons. The number of piperidine rings is 1. The van der Waals surface area contributed by atoms with Crippen molar-refractivity contribution < 1.29 is 14.0 Å². The molecular formula is C22H23FN2O2. The summed E-state index contributed by atoms with van der Waals surface area (Å²) in [6, 6.07) is 13.9. The summed E-state index contributed by atoms with van der Waals surface area (Å²) in [4.78, 5) is 28.5. The van der Waals surface area contributed by atoms with Gasteiger partial charge in [-0.1, -0.05) is 24.3 Å². The summed E-state index contributed by atoms with van der Waals surface area (Å²) < 4.78 is 13.1. The Bertz CT molecular complexity index is 807. The summed E-state index contributed by atoms with van der Waals surface area (Å²) in [5, 5.41) is 0. The average molecular weight is 366 g/mol. The topological polar surface area (TPSA) is 40.6 Å². The molecule has 2 aromatic carbocycles. The van der Waals surface area contributed by atoms with Crippen molar-refractivity contribution in [3.8, 4) is 0 Å². The van der Waals surface area contributed by atoms with Crippen LogP contribution in [0.25, 0.3) is 0 Å². The Morgan fingerprint density at radius 1 is 0.852 bits per heavy atom. The summed E-state index contributed by atoms with van der Waals surface area (Å²) in [5.41, 5.74) is 2.24. The Morgan fingerprint density at radius 3 is 2.04 bits per heavy atom. The van der Waals surface area contributed by atoms with E-state index in [1.54, 1.807) is 24.3 Å². The van der Waals surface area contributed by atoms with Crippen LogP contribution in [-0.4, -0.2) is 47.8 Å². The van der Waals surface area contributed by atoms with Crippen LogP contribution in [-0.2, 0) is 0 Å². The zero-order valence-electron chi connectivity index (χ0n) is 15.2. The van der Waals surface area contributed by atoms with Crippen LogP contribution < -0.4 is 0 Å². The molecule has 4 rings (SSSR count). The number of hydrogen-bond acceptors (Lipinski definition) is 3. The molecule has 0 N–H and O–H groups in total. The van der Waals surface area contributed by atoms with Gasteiger partial charge in [-0.2, -0.15) is 0 Å². The van der Waals surface area contributed by atoms with E-state index in [4.69, 9.17) is 0 Å². The fourth-order valence-electron chi connectivity index (χ4n) is 4.12. The van der Waals surface area contributed by atoms with Crippen LogP contribution >= 0.6 is 0 Å². The molecule has 2 aliphatic rings. The second-order valence-corrected chi connectivity index (χ2v) is 7.33. The highest BCUT2D eigenvalue weighted by atomic mass is 19.1. The van der Waals surface area contributed by atoms with E-state index in [1.165, 1.54) is 22.6 Å². The number of carbonyl (C=O) groups is 2. The molecule has 0 atom stereocenters. The quantitative estimate of drug-likeness (QED) is 0.758. The van der Waals surface area contributed by atoms with E-state index in [2.05, 4.69) is 4.90 Å². The number of hydrogen-bond donors (Lipinski definition) is 0. The first kappa shape index (κ1) is 17.9. The molecule has 27 heavy (non-hydrogen) atoms. The van der Waals surface area contributed by atoms with Crippen molar-refractivity contribution in [3.05, 3.63) is 71.0 Å². The van der Waals surface area contributed by atoms with Gasteiger partial charge in [0.15, 0.2) is 0 Å². The second kappa shape index (κ2) is 7.61. The zero-order valence-corrected chi connectivity index (χ0v) is 15.2. The fraction of sp³-hybridized carbons (Fsp3) is 0.364. The maximum absolute atomic E-state index is 13.1. The van der Waals surface area contributed by atoms with E-state index in [9.17, 15) is 14.0 Å². The van der Waals surface area contributed by atoms with Gasteiger partial charge in [-0.05, 0) is 74.6 Å². The van der Waals surface area contributed by atoms with Gasteiger partial charge in [-0.25, -0.2) is 4.39 Å². The second-order valence-electron chi connectivity index (χ2n) is 7.33. The fourth-order valence-corrected chi connectivity index (χ4v) is 4.12. The van der Waals surface area contributed by atoms with E-state index >= 15 is 0 Å². The van der Waals surface area contributed by atoms with E-state index in [1.807, 2.05) is 12.1 Å². The number of imide groups is 1. The first-order chi connectivity index (χ1) is 13.1. The molecule has 2 amide bonds. The minimum atomic E-state index is -0.190. The first-order valence-corrected chi connectivity index (χ1v) is 9.56. The lowest BCUT2D eigenvalue weighted by Crippen LogP contribution is -2.37. The molecule has 1 saturated heterocycles. The number of fused-ring (bicyclic) bond motifs is 1. The van der Waals surface area contributed by atoms with Crippen molar-refractivity contribution in [1.82, 2.24) is 9.80 Å². The lowest BCUT2D eigenvalue weighted by Gasteiger charge is -2.32. The normalized spacial score (nSPS) is 18.2. The Labute approximate surface area is 158 Å². The largest absolute Gasteiger partial charge is 0.303 e. The highest BCUT2D eigenvalue weighted by Crippen LogP contribution is 2.28. The van der Waals surface area contributed by atoms with Crippen molar-refractivity contribution in [2.24, 2.45) is 0 Å². The van der Waals surface area contributed by atoms with Gasteiger partial charge < -0.3 is 4.90 Å². The predicted molar refractivity (Wildman–Crippen MR) is 101 cm³/mol. The molecule has 2 aromatic rings. The van der Waals surface area contributed by atoms with E-state index in [-0.39, 0.29) is 17.6 Å². The summed E-state index contributed by atoms with van der Waals surface area (Å²) in [7, 11) is 0. The first-order valence-electron chi connectivity index (χ1n) is 9.56. The van der Waals surface area contributed by atoms with E-state index < -0.39 is 0 Å². The molecule has 0 bridgehead atoms. The van der Waals surface area contributed by atoms with Gasteiger partial charge in [0.1, 0.15) is 5.82 Å². The maximum Gasteiger partial charge on any atom is 0.261 e. The van der Waals surface area contributed by atoms with Gasteiger partial charge >= 0.3 is 0 Å². The summed E-state index contributed by atoms with van der Waals surface area (Å²) in [5.74, 6) is -0.0568. The van der Waals surface area contributed by atoms with Crippen molar-refractivity contribution in [3.63, 3.8) is 0 Å². The number of amides is 2. The molecule has 5 heteroatoms. The lowest BCUT2D eigenvalue weighted by molar-refractivity contribution is 0.0645. The van der Waals surface area contributed by atoms with Crippen LogP contribution in [0.15, 0.2) is 48.5 Å². The molecule has 0 spiro atoms. The zero-order chi connectivity index (χ0) is 18.8. The molecule has 2 aliphatic heterocycles. The number of rotatable bonds is 5. The van der Waals surface area contributed by atoms with Gasteiger partial charge in [-0.3, -0.25) is 14.5 Å². The molecule has 0 unspecified atom stereocenters. The van der Waals surface area contributed by atoms with E-state index in [0.29, 0.717) is 23.6 Å². The molecule has 0 aliphatic carbocycles. The van der Waals surface area contributed by atoms with Crippen molar-refractivity contribution in [2.75, 3.05) is 26.2 Å². The van der Waals surface area contributed by atoms with Gasteiger partial charge in [0.05, 0.1) is 11.1 Å². The molecule has 2 heterocycles. The smallest absolute Gasteiger partial charge is 0.261 e. The molecule has 0 saturated carbocycles. The third-order valence-electron chi connectivity index (χ3n) is 5.66. The molecule has 4 nitrogen and oxygen atoms in total. The number of nitrogens with zero attached hydrogens (tertiary/aromatic N) is 2. The van der Waals surface area contributed by atoms with Crippen molar-refractivity contribution in [2.45, 2.75) is 25.2 Å². The Morgan fingerprint density at radius 2 is 1.44 bits per heavy atom. The molecule has 1 fully saturated rings. The average Bonchev–Trinajstić information content (AvgIpc) is 2.94. The van der Waals surface area contributed by atoms with Crippen LogP contribution in [0.5, 0.6) is 0 Å². The minimum Gasteiger partial charge on any atom is -0.303 e. The number of carbonyl (C=O) groups excluding carboxylic acids is 2. The van der Waals surface area contributed by atoms with Crippen LogP contribution in [0.2, 0.25) is 0 Å². The monoisotopic (exact) mass is 366 g/mol. The summed E-state index contributed by atoms with van der Waals surface area (Å²) in [6.07, 6.45) is 2.89. The number of likely N-dealkylation sites (tertiary alicyclic amines) is 1. The Kier molecular flexibility index (Phi) is 5.03. The number of benzene rings is 2. The Balaban J connectivity index is 1.25. The van der Waals surface area contributed by atoms with E-state index in [0.717, 1.165) is 38.9 Å². The van der Waals surface area contributed by atoms with Gasteiger partial charge in [0.25, 0.3) is 11.8 Å². The highest BCUT2D eigenvalue weighted by Gasteiger charge is 2.34. The van der Waals surface area contributed by atoms with Crippen LogP contribution in [0.3, 0.4) is 0 Å². The van der Waals surface area contributed by atoms with Gasteiger partial charge in [0.2, 0.25) is 0 Å². The highest BCUT2D eigenvalue weighted by molar-refractivity contribution is 6.21. The van der Waals surface area contributed by atoms with Gasteiger partial charge in [0, 0.05) is 6.54 Å². The lowest BCUT2D eigenvalue weighted by atomic mass is 9.89. The molecule has 140 valence electrons. The van der Waals surface area contributed by atoms with Crippen molar-refractivity contribution in [1.29, 1.82) is 0 Å². The third-order valence-corrected chi connectivity index (χ3v) is 5.66. The van der Waals surface area contributed by atoms with Crippen molar-refractivity contribution >= 4 is 11.8 Å². The van der Waals surface area contributed by atoms with Gasteiger partial charge in [-0.15, -0.1) is 0 Å². The summed E-state index contributed by atoms with van der Waals surface area (Å²) >= 11 is 0. The summed E-state index contributed by atoms with van der Waals surface area (Å²) in [6.45, 7) is 3.32. The number of halogens is 1. The Hall–Kier alpha value is -2.53. The predicted octanol–water partition coefficient (Wildman–Crippen LogP) is 3.69. The SMILES string of the molecule is O=C1c2ccccc2C(=O)N1CCCN1CCC(c2ccc(F)cc2)CC1. The maximum atomic E-state index is 13.1.